The lowest BCUT2D eigenvalue weighted by Crippen LogP contribution is -2.59. The van der Waals surface area contributed by atoms with E-state index in [0.717, 1.165) is 6.54 Å². The Kier molecular flexibility index (Phi) is 3.27. The summed E-state index contributed by atoms with van der Waals surface area (Å²) in [5.41, 5.74) is 5.42. The largest absolute Gasteiger partial charge is 0.377 e. The molecule has 13 heavy (non-hydrogen) atoms. The number of carbonyl (C=O) groups is 1. The number of nitrogens with one attached hydrogen (secondary N) is 1. The summed E-state index contributed by atoms with van der Waals surface area (Å²) in [6, 6.07) is 0. The van der Waals surface area contributed by atoms with E-state index in [4.69, 9.17) is 10.5 Å². The molecule has 0 atom stereocenters. The van der Waals surface area contributed by atoms with Gasteiger partial charge in [-0.05, 0) is 5.92 Å². The Bertz CT molecular complexity index is 188. The van der Waals surface area contributed by atoms with Crippen molar-refractivity contribution in [2.24, 2.45) is 11.7 Å². The van der Waals surface area contributed by atoms with Crippen LogP contribution < -0.4 is 11.1 Å². The Morgan fingerprint density at radius 3 is 2.62 bits per heavy atom. The number of amides is 1. The first-order valence-electron chi connectivity index (χ1n) is 4.65. The number of rotatable bonds is 4. The van der Waals surface area contributed by atoms with Crippen molar-refractivity contribution in [1.29, 1.82) is 0 Å². The number of nitrogens with two attached hydrogens (primary N) is 1. The van der Waals surface area contributed by atoms with Crippen molar-refractivity contribution in [3.05, 3.63) is 0 Å². The predicted octanol–water partition coefficient (Wildman–Crippen LogP) is -0.124. The third-order valence-corrected chi connectivity index (χ3v) is 2.00. The van der Waals surface area contributed by atoms with E-state index in [1.165, 1.54) is 0 Å². The number of ether oxygens (including phenoxy) is 1. The summed E-state index contributed by atoms with van der Waals surface area (Å²) in [7, 11) is 0. The number of hydrogen-bond donors (Lipinski definition) is 2. The Hall–Kier alpha value is -0.610. The van der Waals surface area contributed by atoms with Crippen LogP contribution in [0, 0.1) is 5.92 Å². The first-order valence-corrected chi connectivity index (χ1v) is 4.65. The molecule has 0 radical (unpaired) electrons. The standard InChI is InChI=1S/C9H18N2O2/c1-7(2)4-11-8(12)3-9(10)5-13-6-9/h7H,3-6,10H2,1-2H3,(H,11,12). The van der Waals surface area contributed by atoms with E-state index in [1.54, 1.807) is 0 Å². The van der Waals surface area contributed by atoms with Crippen LogP contribution in [0.1, 0.15) is 20.3 Å². The van der Waals surface area contributed by atoms with Gasteiger partial charge in [0.25, 0.3) is 0 Å². The maximum absolute atomic E-state index is 11.3. The Morgan fingerprint density at radius 2 is 2.23 bits per heavy atom. The molecule has 76 valence electrons. The van der Waals surface area contributed by atoms with Crippen LogP contribution in [0.2, 0.25) is 0 Å². The van der Waals surface area contributed by atoms with Crippen molar-refractivity contribution in [1.82, 2.24) is 5.32 Å². The molecule has 0 unspecified atom stereocenters. The smallest absolute Gasteiger partial charge is 0.222 e. The number of hydrogen-bond acceptors (Lipinski definition) is 3. The quantitative estimate of drug-likeness (QED) is 0.643. The van der Waals surface area contributed by atoms with Gasteiger partial charge in [-0.25, -0.2) is 0 Å². The summed E-state index contributed by atoms with van der Waals surface area (Å²) >= 11 is 0. The van der Waals surface area contributed by atoms with E-state index >= 15 is 0 Å². The van der Waals surface area contributed by atoms with Crippen LogP contribution in [0.3, 0.4) is 0 Å². The maximum Gasteiger partial charge on any atom is 0.222 e. The van der Waals surface area contributed by atoms with Crippen molar-refractivity contribution in [3.8, 4) is 0 Å². The summed E-state index contributed by atoms with van der Waals surface area (Å²) in [6.07, 6.45) is 0.375. The van der Waals surface area contributed by atoms with E-state index in [9.17, 15) is 4.79 Å². The molecule has 1 rings (SSSR count). The molecule has 3 N–H and O–H groups in total. The van der Waals surface area contributed by atoms with Crippen LogP contribution >= 0.6 is 0 Å². The van der Waals surface area contributed by atoms with Crippen molar-refractivity contribution in [2.75, 3.05) is 19.8 Å². The normalized spacial score (nSPS) is 19.7. The maximum atomic E-state index is 11.3. The molecule has 1 aliphatic rings. The van der Waals surface area contributed by atoms with Crippen LogP contribution in [-0.4, -0.2) is 31.2 Å². The van der Waals surface area contributed by atoms with Crippen molar-refractivity contribution >= 4 is 5.91 Å². The minimum Gasteiger partial charge on any atom is -0.377 e. The van der Waals surface area contributed by atoms with E-state index < -0.39 is 5.54 Å². The second-order valence-electron chi connectivity index (χ2n) is 4.23. The average molecular weight is 186 g/mol. The van der Waals surface area contributed by atoms with Crippen molar-refractivity contribution in [3.63, 3.8) is 0 Å². The van der Waals surface area contributed by atoms with Gasteiger partial charge in [0.1, 0.15) is 0 Å². The summed E-state index contributed by atoms with van der Waals surface area (Å²) in [6.45, 7) is 5.84. The Morgan fingerprint density at radius 1 is 1.62 bits per heavy atom. The first-order chi connectivity index (χ1) is 6.02. The van der Waals surface area contributed by atoms with E-state index in [0.29, 0.717) is 25.6 Å². The molecule has 4 heteroatoms. The third kappa shape index (κ3) is 3.32. The molecule has 0 bridgehead atoms. The van der Waals surface area contributed by atoms with Gasteiger partial charge < -0.3 is 15.8 Å². The molecule has 0 aliphatic carbocycles. The third-order valence-electron chi connectivity index (χ3n) is 2.00. The lowest BCUT2D eigenvalue weighted by molar-refractivity contribution is -0.128. The van der Waals surface area contributed by atoms with Crippen LogP contribution in [0.15, 0.2) is 0 Å². The molecular weight excluding hydrogens is 168 g/mol. The molecule has 0 saturated carbocycles. The molecule has 4 nitrogen and oxygen atoms in total. The molecule has 1 aliphatic heterocycles. The summed E-state index contributed by atoms with van der Waals surface area (Å²) in [5.74, 6) is 0.509. The van der Waals surface area contributed by atoms with E-state index in [1.807, 2.05) is 0 Å². The van der Waals surface area contributed by atoms with Gasteiger partial charge in [-0.15, -0.1) is 0 Å². The van der Waals surface area contributed by atoms with Gasteiger partial charge in [0.05, 0.1) is 18.8 Å². The van der Waals surface area contributed by atoms with Crippen molar-refractivity contribution < 1.29 is 9.53 Å². The highest BCUT2D eigenvalue weighted by molar-refractivity contribution is 5.77. The van der Waals surface area contributed by atoms with Crippen molar-refractivity contribution in [2.45, 2.75) is 25.8 Å². The summed E-state index contributed by atoms with van der Waals surface area (Å²) in [4.78, 5) is 11.3. The molecule has 1 heterocycles. The fourth-order valence-corrected chi connectivity index (χ4v) is 1.17. The SMILES string of the molecule is CC(C)CNC(=O)CC1(N)COC1. The van der Waals surface area contributed by atoms with Gasteiger partial charge in [-0.2, -0.15) is 0 Å². The summed E-state index contributed by atoms with van der Waals surface area (Å²) < 4.78 is 4.96. The molecule has 1 fully saturated rings. The molecule has 1 saturated heterocycles. The molecule has 0 aromatic rings. The van der Waals surface area contributed by atoms with E-state index in [2.05, 4.69) is 19.2 Å². The lowest BCUT2D eigenvalue weighted by Gasteiger charge is -2.37. The topological polar surface area (TPSA) is 64.4 Å². The van der Waals surface area contributed by atoms with Crippen LogP contribution in [0.5, 0.6) is 0 Å². The van der Waals surface area contributed by atoms with Gasteiger partial charge in [0, 0.05) is 13.0 Å². The average Bonchev–Trinajstić information content (AvgIpc) is 1.98. The summed E-state index contributed by atoms with van der Waals surface area (Å²) in [5, 5.41) is 2.83. The second kappa shape index (κ2) is 4.07. The van der Waals surface area contributed by atoms with Gasteiger partial charge in [-0.1, -0.05) is 13.8 Å². The van der Waals surface area contributed by atoms with Crippen LogP contribution in [0.4, 0.5) is 0 Å². The van der Waals surface area contributed by atoms with Gasteiger partial charge in [-0.3, -0.25) is 4.79 Å². The molecular formula is C9H18N2O2. The van der Waals surface area contributed by atoms with Crippen LogP contribution in [-0.2, 0) is 9.53 Å². The molecule has 0 spiro atoms. The highest BCUT2D eigenvalue weighted by Crippen LogP contribution is 2.17. The minimum absolute atomic E-state index is 0.0273. The monoisotopic (exact) mass is 186 g/mol. The van der Waals surface area contributed by atoms with E-state index in [-0.39, 0.29) is 5.91 Å². The van der Waals surface area contributed by atoms with Gasteiger partial charge >= 0.3 is 0 Å². The fraction of sp³-hybridized carbons (Fsp3) is 0.889. The molecule has 0 aromatic carbocycles. The van der Waals surface area contributed by atoms with Gasteiger partial charge in [0.15, 0.2) is 0 Å². The molecule has 1 amide bonds. The Labute approximate surface area is 78.8 Å². The first kappa shape index (κ1) is 10.5. The highest BCUT2D eigenvalue weighted by atomic mass is 16.5. The zero-order chi connectivity index (χ0) is 9.90. The molecule has 0 aromatic heterocycles. The number of carbonyl (C=O) groups excluding carboxylic acids is 1. The minimum atomic E-state index is -0.402. The zero-order valence-electron chi connectivity index (χ0n) is 8.30. The second-order valence-corrected chi connectivity index (χ2v) is 4.23. The highest BCUT2D eigenvalue weighted by Gasteiger charge is 2.36. The lowest BCUT2D eigenvalue weighted by atomic mass is 9.94. The predicted molar refractivity (Wildman–Crippen MR) is 50.2 cm³/mol. The fourth-order valence-electron chi connectivity index (χ4n) is 1.17. The van der Waals surface area contributed by atoms with Gasteiger partial charge in [0.2, 0.25) is 5.91 Å². The zero-order valence-corrected chi connectivity index (χ0v) is 8.30. The van der Waals surface area contributed by atoms with Crippen LogP contribution in [0.25, 0.3) is 0 Å². The Balaban J connectivity index is 2.17.